The molecule has 3 aromatic rings. The van der Waals surface area contributed by atoms with Gasteiger partial charge in [0.1, 0.15) is 0 Å². The number of hydrogen-bond acceptors (Lipinski definition) is 5. The van der Waals surface area contributed by atoms with Gasteiger partial charge in [-0.1, -0.05) is 13.8 Å². The zero-order valence-electron chi connectivity index (χ0n) is 18.8. The fourth-order valence-electron chi connectivity index (χ4n) is 3.40. The van der Waals surface area contributed by atoms with Crippen LogP contribution in [-0.4, -0.2) is 40.4 Å². The van der Waals surface area contributed by atoms with E-state index >= 15 is 0 Å². The molecule has 162 valence electrons. The summed E-state index contributed by atoms with van der Waals surface area (Å²) >= 11 is 1.74. The molecule has 0 aliphatic carbocycles. The molecule has 0 saturated carbocycles. The number of nitrogens with one attached hydrogen (secondary N) is 1. The van der Waals surface area contributed by atoms with Gasteiger partial charge in [-0.3, -0.25) is 4.79 Å². The number of thiophene rings is 1. The van der Waals surface area contributed by atoms with Gasteiger partial charge >= 0.3 is 0 Å². The maximum Gasteiger partial charge on any atom is 0.252 e. The summed E-state index contributed by atoms with van der Waals surface area (Å²) in [7, 11) is 0. The summed E-state index contributed by atoms with van der Waals surface area (Å²) < 4.78 is 7.48. The second-order valence-corrected chi connectivity index (χ2v) is 9.84. The van der Waals surface area contributed by atoms with Crippen molar-refractivity contribution in [3.8, 4) is 11.3 Å². The summed E-state index contributed by atoms with van der Waals surface area (Å²) in [5.41, 5.74) is 3.26. The minimum atomic E-state index is -0.0968. The zero-order valence-corrected chi connectivity index (χ0v) is 19.6. The highest BCUT2D eigenvalue weighted by molar-refractivity contribution is 7.12. The first kappa shape index (κ1) is 22.4. The standard InChI is InChI=1S/C23H32N4O2S/c1-14(2)13-29-9-7-8-24-23(28)19-11-21(18-10-16(5)30-17(18)6)26-22-20(19)12-25-27(22)15(3)4/h10-12,14-15H,7-9,13H2,1-6H3,(H,24,28). The molecule has 1 amide bonds. The number of carbonyl (C=O) groups is 1. The number of carbonyl (C=O) groups excluding carboxylic acids is 1. The van der Waals surface area contributed by atoms with Crippen LogP contribution in [0.25, 0.3) is 22.3 Å². The van der Waals surface area contributed by atoms with Crippen molar-refractivity contribution in [1.82, 2.24) is 20.1 Å². The van der Waals surface area contributed by atoms with Crippen LogP contribution in [0.2, 0.25) is 0 Å². The van der Waals surface area contributed by atoms with E-state index in [2.05, 4.69) is 58.0 Å². The van der Waals surface area contributed by atoms with Crippen LogP contribution in [-0.2, 0) is 4.74 Å². The number of nitrogens with zero attached hydrogens (tertiary/aromatic N) is 3. The molecule has 0 aliphatic rings. The molecule has 7 heteroatoms. The second-order valence-electron chi connectivity index (χ2n) is 8.38. The van der Waals surface area contributed by atoms with Crippen molar-refractivity contribution < 1.29 is 9.53 Å². The Labute approximate surface area is 182 Å². The molecule has 0 spiro atoms. The fraction of sp³-hybridized carbons (Fsp3) is 0.522. The van der Waals surface area contributed by atoms with E-state index in [4.69, 9.17) is 9.72 Å². The zero-order chi connectivity index (χ0) is 21.8. The summed E-state index contributed by atoms with van der Waals surface area (Å²) in [6.07, 6.45) is 2.53. The Morgan fingerprint density at radius 3 is 2.63 bits per heavy atom. The molecule has 0 saturated heterocycles. The first-order valence-corrected chi connectivity index (χ1v) is 11.4. The quantitative estimate of drug-likeness (QED) is 0.479. The molecule has 3 aromatic heterocycles. The third kappa shape index (κ3) is 5.08. The molecule has 6 nitrogen and oxygen atoms in total. The van der Waals surface area contributed by atoms with Gasteiger partial charge in [-0.15, -0.1) is 11.3 Å². The van der Waals surface area contributed by atoms with Crippen LogP contribution in [0, 0.1) is 19.8 Å². The van der Waals surface area contributed by atoms with Crippen LogP contribution in [0.1, 0.15) is 60.3 Å². The number of pyridine rings is 1. The SMILES string of the molecule is Cc1cc(-c2cc(C(=O)NCCCOCC(C)C)c3cnn(C(C)C)c3n2)c(C)s1. The Kier molecular flexibility index (Phi) is 7.26. The van der Waals surface area contributed by atoms with Gasteiger partial charge in [0.2, 0.25) is 0 Å². The van der Waals surface area contributed by atoms with Crippen molar-refractivity contribution in [3.05, 3.63) is 33.6 Å². The molecule has 0 atom stereocenters. The highest BCUT2D eigenvalue weighted by atomic mass is 32.1. The average molecular weight is 429 g/mol. The number of fused-ring (bicyclic) bond motifs is 1. The van der Waals surface area contributed by atoms with Gasteiger partial charge in [-0.25, -0.2) is 9.67 Å². The minimum Gasteiger partial charge on any atom is -0.381 e. The average Bonchev–Trinajstić information content (AvgIpc) is 3.25. The molecular weight excluding hydrogens is 396 g/mol. The predicted molar refractivity (Wildman–Crippen MR) is 123 cm³/mol. The molecule has 3 rings (SSSR count). The molecule has 0 bridgehead atoms. The Morgan fingerprint density at radius 2 is 2.00 bits per heavy atom. The van der Waals surface area contributed by atoms with Crippen LogP contribution in [0.4, 0.5) is 0 Å². The number of hydrogen-bond donors (Lipinski definition) is 1. The summed E-state index contributed by atoms with van der Waals surface area (Å²) in [6, 6.07) is 4.19. The Morgan fingerprint density at radius 1 is 1.23 bits per heavy atom. The Hall–Kier alpha value is -2.25. The lowest BCUT2D eigenvalue weighted by Gasteiger charge is -2.11. The molecule has 0 fully saturated rings. The largest absolute Gasteiger partial charge is 0.381 e. The van der Waals surface area contributed by atoms with Gasteiger partial charge in [0.05, 0.1) is 22.8 Å². The Bertz CT molecular complexity index is 1020. The molecule has 1 N–H and O–H groups in total. The molecule has 0 aliphatic heterocycles. The van der Waals surface area contributed by atoms with Gasteiger partial charge in [-0.05, 0) is 52.2 Å². The van der Waals surface area contributed by atoms with Gasteiger partial charge < -0.3 is 10.1 Å². The molecule has 3 heterocycles. The number of amides is 1. The van der Waals surface area contributed by atoms with E-state index in [-0.39, 0.29) is 11.9 Å². The number of aromatic nitrogens is 3. The lowest BCUT2D eigenvalue weighted by Crippen LogP contribution is -2.25. The summed E-state index contributed by atoms with van der Waals surface area (Å²) in [6.45, 7) is 14.5. The smallest absolute Gasteiger partial charge is 0.252 e. The molecule has 30 heavy (non-hydrogen) atoms. The van der Waals surface area contributed by atoms with Crippen LogP contribution < -0.4 is 5.32 Å². The minimum absolute atomic E-state index is 0.0968. The monoisotopic (exact) mass is 428 g/mol. The third-order valence-corrected chi connectivity index (χ3v) is 5.79. The fourth-order valence-corrected chi connectivity index (χ4v) is 4.33. The van der Waals surface area contributed by atoms with E-state index in [0.717, 1.165) is 35.3 Å². The first-order chi connectivity index (χ1) is 14.3. The van der Waals surface area contributed by atoms with E-state index in [9.17, 15) is 4.79 Å². The maximum atomic E-state index is 13.0. The van der Waals surface area contributed by atoms with E-state index in [0.29, 0.717) is 24.6 Å². The van der Waals surface area contributed by atoms with Crippen molar-refractivity contribution in [1.29, 1.82) is 0 Å². The lowest BCUT2D eigenvalue weighted by molar-refractivity contribution is 0.0926. The lowest BCUT2D eigenvalue weighted by atomic mass is 10.1. The molecule has 0 radical (unpaired) electrons. The molecule has 0 unspecified atom stereocenters. The van der Waals surface area contributed by atoms with E-state index in [1.54, 1.807) is 17.5 Å². The van der Waals surface area contributed by atoms with E-state index in [1.807, 2.05) is 10.7 Å². The maximum absolute atomic E-state index is 13.0. The van der Waals surface area contributed by atoms with Crippen LogP contribution in [0.5, 0.6) is 0 Å². The van der Waals surface area contributed by atoms with Gasteiger partial charge in [0.25, 0.3) is 5.91 Å². The summed E-state index contributed by atoms with van der Waals surface area (Å²) in [5, 5.41) is 8.31. The third-order valence-electron chi connectivity index (χ3n) is 4.82. The van der Waals surface area contributed by atoms with E-state index in [1.165, 1.54) is 9.75 Å². The summed E-state index contributed by atoms with van der Waals surface area (Å²) in [4.78, 5) is 20.4. The van der Waals surface area contributed by atoms with Gasteiger partial charge in [0, 0.05) is 41.1 Å². The molecule has 0 aromatic carbocycles. The second kappa shape index (κ2) is 9.71. The van der Waals surface area contributed by atoms with Crippen molar-refractivity contribution in [2.75, 3.05) is 19.8 Å². The highest BCUT2D eigenvalue weighted by Gasteiger charge is 2.19. The highest BCUT2D eigenvalue weighted by Crippen LogP contribution is 2.32. The first-order valence-electron chi connectivity index (χ1n) is 10.6. The number of rotatable bonds is 9. The van der Waals surface area contributed by atoms with Crippen molar-refractivity contribution in [2.24, 2.45) is 5.92 Å². The van der Waals surface area contributed by atoms with Crippen LogP contribution >= 0.6 is 11.3 Å². The van der Waals surface area contributed by atoms with Gasteiger partial charge in [0.15, 0.2) is 5.65 Å². The Balaban J connectivity index is 1.87. The normalized spacial score (nSPS) is 11.7. The van der Waals surface area contributed by atoms with Crippen LogP contribution in [0.3, 0.4) is 0 Å². The van der Waals surface area contributed by atoms with E-state index < -0.39 is 0 Å². The molecular formula is C23H32N4O2S. The van der Waals surface area contributed by atoms with Crippen molar-refractivity contribution in [3.63, 3.8) is 0 Å². The number of aryl methyl sites for hydroxylation is 2. The van der Waals surface area contributed by atoms with Crippen molar-refractivity contribution >= 4 is 28.3 Å². The topological polar surface area (TPSA) is 69.0 Å². The van der Waals surface area contributed by atoms with Crippen molar-refractivity contribution in [2.45, 2.75) is 54.0 Å². The van der Waals surface area contributed by atoms with Crippen LogP contribution in [0.15, 0.2) is 18.3 Å². The number of ether oxygens (including phenoxy) is 1. The summed E-state index contributed by atoms with van der Waals surface area (Å²) in [5.74, 6) is 0.422. The predicted octanol–water partition coefficient (Wildman–Crippen LogP) is 5.15. The van der Waals surface area contributed by atoms with Gasteiger partial charge in [-0.2, -0.15) is 5.10 Å².